The molecule has 0 aliphatic heterocycles. The van der Waals surface area contributed by atoms with Crippen molar-refractivity contribution in [2.75, 3.05) is 5.73 Å². The first-order chi connectivity index (χ1) is 9.26. The maximum atomic E-state index is 8.93. The molecule has 0 aliphatic carbocycles. The summed E-state index contributed by atoms with van der Waals surface area (Å²) in [6, 6.07) is 17.6. The SMILES string of the molecule is N#Cc1ccc(N)c(Sc2cc3ccccc3[nH]2)c1. The number of nitrogens with one attached hydrogen (secondary N) is 1. The number of hydrogen-bond donors (Lipinski definition) is 2. The van der Waals surface area contributed by atoms with Gasteiger partial charge in [-0.05, 0) is 30.3 Å². The van der Waals surface area contributed by atoms with Gasteiger partial charge in [-0.1, -0.05) is 30.0 Å². The van der Waals surface area contributed by atoms with Crippen LogP contribution in [0.5, 0.6) is 0 Å². The van der Waals surface area contributed by atoms with Crippen molar-refractivity contribution in [1.82, 2.24) is 4.98 Å². The molecule has 0 bridgehead atoms. The molecule has 0 unspecified atom stereocenters. The lowest BCUT2D eigenvalue weighted by molar-refractivity contribution is 1.23. The third-order valence-electron chi connectivity index (χ3n) is 2.87. The van der Waals surface area contributed by atoms with E-state index in [2.05, 4.69) is 23.2 Å². The van der Waals surface area contributed by atoms with Gasteiger partial charge < -0.3 is 10.7 Å². The van der Waals surface area contributed by atoms with Crippen LogP contribution in [0, 0.1) is 11.3 Å². The molecule has 1 heterocycles. The number of para-hydroxylation sites is 1. The Balaban J connectivity index is 1.98. The zero-order valence-electron chi connectivity index (χ0n) is 10.1. The molecule has 4 heteroatoms. The summed E-state index contributed by atoms with van der Waals surface area (Å²) in [7, 11) is 0. The van der Waals surface area contributed by atoms with Crippen LogP contribution in [0.25, 0.3) is 10.9 Å². The van der Waals surface area contributed by atoms with Crippen molar-refractivity contribution in [3.05, 3.63) is 54.1 Å². The minimum atomic E-state index is 0.618. The van der Waals surface area contributed by atoms with E-state index in [-0.39, 0.29) is 0 Å². The first-order valence-electron chi connectivity index (χ1n) is 5.81. The number of hydrogen-bond acceptors (Lipinski definition) is 3. The summed E-state index contributed by atoms with van der Waals surface area (Å²) in [5.41, 5.74) is 8.34. The van der Waals surface area contributed by atoms with Crippen LogP contribution < -0.4 is 5.73 Å². The minimum absolute atomic E-state index is 0.618. The Morgan fingerprint density at radius 2 is 1.95 bits per heavy atom. The number of nitrogens with two attached hydrogens (primary N) is 1. The van der Waals surface area contributed by atoms with Gasteiger partial charge in [0.15, 0.2) is 0 Å². The molecule has 0 amide bonds. The highest BCUT2D eigenvalue weighted by atomic mass is 32.2. The van der Waals surface area contributed by atoms with E-state index in [9.17, 15) is 0 Å². The average Bonchev–Trinajstić information content (AvgIpc) is 2.83. The zero-order valence-corrected chi connectivity index (χ0v) is 10.9. The second-order valence-corrected chi connectivity index (χ2v) is 5.27. The van der Waals surface area contributed by atoms with Gasteiger partial charge in [0.05, 0.1) is 16.7 Å². The molecule has 0 saturated heterocycles. The molecule has 1 aromatic heterocycles. The van der Waals surface area contributed by atoms with Crippen LogP contribution in [-0.4, -0.2) is 4.98 Å². The standard InChI is InChI=1S/C15H11N3S/c16-9-10-5-6-12(17)14(7-10)19-15-8-11-3-1-2-4-13(11)18-15/h1-8,18H,17H2. The summed E-state index contributed by atoms with van der Waals surface area (Å²) >= 11 is 1.54. The molecule has 3 rings (SSSR count). The molecular weight excluding hydrogens is 254 g/mol. The van der Waals surface area contributed by atoms with E-state index in [4.69, 9.17) is 11.0 Å². The van der Waals surface area contributed by atoms with Gasteiger partial charge in [0, 0.05) is 21.5 Å². The summed E-state index contributed by atoms with van der Waals surface area (Å²) in [4.78, 5) is 4.23. The lowest BCUT2D eigenvalue weighted by atomic mass is 10.2. The lowest BCUT2D eigenvalue weighted by Crippen LogP contribution is -1.89. The predicted octanol–water partition coefficient (Wildman–Crippen LogP) is 3.77. The number of H-pyrrole nitrogens is 1. The second-order valence-electron chi connectivity index (χ2n) is 4.19. The Labute approximate surface area is 115 Å². The quantitative estimate of drug-likeness (QED) is 0.693. The zero-order chi connectivity index (χ0) is 13.2. The first-order valence-corrected chi connectivity index (χ1v) is 6.63. The number of benzene rings is 2. The van der Waals surface area contributed by atoms with Gasteiger partial charge in [0.1, 0.15) is 0 Å². The van der Waals surface area contributed by atoms with Crippen molar-refractivity contribution < 1.29 is 0 Å². The highest BCUT2D eigenvalue weighted by molar-refractivity contribution is 7.99. The van der Waals surface area contributed by atoms with Gasteiger partial charge in [-0.15, -0.1) is 0 Å². The van der Waals surface area contributed by atoms with Gasteiger partial charge in [-0.2, -0.15) is 5.26 Å². The van der Waals surface area contributed by atoms with Gasteiger partial charge >= 0.3 is 0 Å². The molecular formula is C15H11N3S. The van der Waals surface area contributed by atoms with Crippen LogP contribution in [0.3, 0.4) is 0 Å². The minimum Gasteiger partial charge on any atom is -0.398 e. The molecule has 3 N–H and O–H groups in total. The van der Waals surface area contributed by atoms with Crippen LogP contribution in [0.1, 0.15) is 5.56 Å². The molecule has 2 aromatic carbocycles. The Bertz CT molecular complexity index is 750. The number of nitrogens with zero attached hydrogens (tertiary/aromatic N) is 1. The molecule has 19 heavy (non-hydrogen) atoms. The third kappa shape index (κ3) is 2.28. The van der Waals surface area contributed by atoms with E-state index in [0.717, 1.165) is 15.4 Å². The van der Waals surface area contributed by atoms with Crippen molar-refractivity contribution in [2.24, 2.45) is 0 Å². The average molecular weight is 265 g/mol. The Morgan fingerprint density at radius 1 is 1.11 bits per heavy atom. The van der Waals surface area contributed by atoms with Crippen molar-refractivity contribution in [3.8, 4) is 6.07 Å². The van der Waals surface area contributed by atoms with E-state index in [1.54, 1.807) is 12.1 Å². The Morgan fingerprint density at radius 3 is 2.74 bits per heavy atom. The van der Waals surface area contributed by atoms with Crippen molar-refractivity contribution in [1.29, 1.82) is 5.26 Å². The molecule has 0 atom stereocenters. The summed E-state index contributed by atoms with van der Waals surface area (Å²) in [5, 5.41) is 11.1. The van der Waals surface area contributed by atoms with E-state index < -0.39 is 0 Å². The topological polar surface area (TPSA) is 65.6 Å². The van der Waals surface area contributed by atoms with Gasteiger partial charge in [-0.25, -0.2) is 0 Å². The number of rotatable bonds is 2. The number of anilines is 1. The number of nitrogen functional groups attached to an aromatic ring is 1. The summed E-state index contributed by atoms with van der Waals surface area (Å²) in [6.07, 6.45) is 0. The Hall–Kier alpha value is -2.38. The first kappa shape index (κ1) is 11.7. The van der Waals surface area contributed by atoms with E-state index in [0.29, 0.717) is 11.3 Å². The molecule has 3 nitrogen and oxygen atoms in total. The van der Waals surface area contributed by atoms with Crippen LogP contribution in [0.2, 0.25) is 0 Å². The third-order valence-corrected chi connectivity index (χ3v) is 3.88. The highest BCUT2D eigenvalue weighted by Crippen LogP contribution is 2.33. The number of aromatic nitrogens is 1. The monoisotopic (exact) mass is 265 g/mol. The van der Waals surface area contributed by atoms with Crippen LogP contribution >= 0.6 is 11.8 Å². The van der Waals surface area contributed by atoms with E-state index >= 15 is 0 Å². The van der Waals surface area contributed by atoms with Crippen LogP contribution in [0.15, 0.2) is 58.5 Å². The van der Waals surface area contributed by atoms with Gasteiger partial charge in [0.25, 0.3) is 0 Å². The summed E-state index contributed by atoms with van der Waals surface area (Å²) in [6.45, 7) is 0. The number of aromatic amines is 1. The van der Waals surface area contributed by atoms with Crippen molar-refractivity contribution >= 4 is 28.4 Å². The fourth-order valence-corrected chi connectivity index (χ4v) is 2.87. The fraction of sp³-hybridized carbons (Fsp3) is 0. The van der Waals surface area contributed by atoms with E-state index in [1.807, 2.05) is 24.3 Å². The largest absolute Gasteiger partial charge is 0.398 e. The Kier molecular flexibility index (Phi) is 2.90. The predicted molar refractivity (Wildman–Crippen MR) is 78.0 cm³/mol. The van der Waals surface area contributed by atoms with Crippen LogP contribution in [-0.2, 0) is 0 Å². The molecule has 0 saturated carbocycles. The molecule has 0 spiro atoms. The van der Waals surface area contributed by atoms with Crippen LogP contribution in [0.4, 0.5) is 5.69 Å². The molecule has 3 aromatic rings. The highest BCUT2D eigenvalue weighted by Gasteiger charge is 2.06. The van der Waals surface area contributed by atoms with Gasteiger partial charge in [-0.3, -0.25) is 0 Å². The maximum absolute atomic E-state index is 8.93. The van der Waals surface area contributed by atoms with E-state index in [1.165, 1.54) is 17.1 Å². The normalized spacial score (nSPS) is 10.5. The molecule has 0 fully saturated rings. The van der Waals surface area contributed by atoms with Crippen molar-refractivity contribution in [2.45, 2.75) is 9.92 Å². The fourth-order valence-electron chi connectivity index (χ4n) is 1.91. The molecule has 92 valence electrons. The summed E-state index contributed by atoms with van der Waals surface area (Å²) in [5.74, 6) is 0. The smallest absolute Gasteiger partial charge is 0.0992 e. The number of nitriles is 1. The molecule has 0 radical (unpaired) electrons. The van der Waals surface area contributed by atoms with Crippen molar-refractivity contribution in [3.63, 3.8) is 0 Å². The summed E-state index contributed by atoms with van der Waals surface area (Å²) < 4.78 is 0. The van der Waals surface area contributed by atoms with Gasteiger partial charge in [0.2, 0.25) is 0 Å². The second kappa shape index (κ2) is 4.71. The molecule has 0 aliphatic rings. The number of fused-ring (bicyclic) bond motifs is 1. The lowest BCUT2D eigenvalue weighted by Gasteiger charge is -2.03. The maximum Gasteiger partial charge on any atom is 0.0992 e.